The quantitative estimate of drug-likeness (QED) is 0.500. The molecule has 1 unspecified atom stereocenters. The highest BCUT2D eigenvalue weighted by Gasteiger charge is 2.34. The van der Waals surface area contributed by atoms with Crippen LogP contribution in [-0.2, 0) is 25.4 Å². The van der Waals surface area contributed by atoms with E-state index in [-0.39, 0.29) is 40.1 Å². The Morgan fingerprint density at radius 2 is 1.77 bits per heavy atom. The van der Waals surface area contributed by atoms with Gasteiger partial charge in [0.1, 0.15) is 5.82 Å². The average Bonchev–Trinajstić information content (AvgIpc) is 3.32. The molecule has 39 heavy (non-hydrogen) atoms. The lowest BCUT2D eigenvalue weighted by molar-refractivity contribution is -0.137. The molecule has 1 aromatic carbocycles. The van der Waals surface area contributed by atoms with Gasteiger partial charge in [0.25, 0.3) is 5.56 Å². The Bertz CT molecular complexity index is 1550. The molecule has 12 nitrogen and oxygen atoms in total. The summed E-state index contributed by atoms with van der Waals surface area (Å²) in [5.74, 6) is -0.528. The minimum Gasteiger partial charge on any atom is -0.351 e. The summed E-state index contributed by atoms with van der Waals surface area (Å²) in [6, 6.07) is 3.86. The van der Waals surface area contributed by atoms with Gasteiger partial charge >= 0.3 is 11.7 Å². The molecule has 0 spiro atoms. The van der Waals surface area contributed by atoms with Crippen molar-refractivity contribution in [1.82, 2.24) is 28.5 Å². The van der Waals surface area contributed by atoms with Gasteiger partial charge in [-0.25, -0.2) is 14.0 Å². The summed E-state index contributed by atoms with van der Waals surface area (Å²) in [5.41, 5.74) is 4.77. The van der Waals surface area contributed by atoms with Crippen LogP contribution in [0.15, 0.2) is 27.8 Å². The van der Waals surface area contributed by atoms with Gasteiger partial charge in [-0.15, -0.1) is 0 Å². The fourth-order valence-electron chi connectivity index (χ4n) is 5.43. The first kappa shape index (κ1) is 26.7. The zero-order valence-electron chi connectivity index (χ0n) is 21.8. The van der Waals surface area contributed by atoms with Crippen molar-refractivity contribution < 1.29 is 14.0 Å². The Labute approximate surface area is 227 Å². The van der Waals surface area contributed by atoms with E-state index in [9.17, 15) is 23.6 Å². The SMILES string of the molecule is Cn1c(=O)c2c(nc(N3CCCC(C(=O)N4CCN(C(N)=O)CC4)C3)n2Cc2c(F)cccc2Cl)n(C)c1=O. The Hall–Kier alpha value is -3.87. The van der Waals surface area contributed by atoms with E-state index in [0.717, 1.165) is 4.57 Å². The van der Waals surface area contributed by atoms with Gasteiger partial charge in [0.2, 0.25) is 11.9 Å². The molecule has 3 aromatic rings. The molecule has 2 aliphatic rings. The lowest BCUT2D eigenvalue weighted by Crippen LogP contribution is -2.54. The number of anilines is 1. The second-order valence-corrected chi connectivity index (χ2v) is 10.4. The van der Waals surface area contributed by atoms with E-state index in [4.69, 9.17) is 17.3 Å². The number of piperazine rings is 1. The number of primary amides is 1. The Morgan fingerprint density at radius 3 is 2.44 bits per heavy atom. The second-order valence-electron chi connectivity index (χ2n) is 10.0. The predicted octanol–water partition coefficient (Wildman–Crippen LogP) is 0.714. The molecule has 14 heteroatoms. The highest BCUT2D eigenvalue weighted by atomic mass is 35.5. The lowest BCUT2D eigenvalue weighted by Gasteiger charge is -2.38. The van der Waals surface area contributed by atoms with Gasteiger partial charge in [-0.1, -0.05) is 17.7 Å². The van der Waals surface area contributed by atoms with Crippen LogP contribution in [0.5, 0.6) is 0 Å². The third-order valence-corrected chi connectivity index (χ3v) is 8.02. The highest BCUT2D eigenvalue weighted by Crippen LogP contribution is 2.29. The monoisotopic (exact) mass is 560 g/mol. The van der Waals surface area contributed by atoms with E-state index < -0.39 is 23.1 Å². The highest BCUT2D eigenvalue weighted by molar-refractivity contribution is 6.31. The van der Waals surface area contributed by atoms with E-state index in [1.165, 1.54) is 35.7 Å². The number of halogens is 2. The molecule has 4 heterocycles. The summed E-state index contributed by atoms with van der Waals surface area (Å²) in [4.78, 5) is 60.6. The van der Waals surface area contributed by atoms with E-state index in [1.54, 1.807) is 15.5 Å². The third kappa shape index (κ3) is 4.75. The van der Waals surface area contributed by atoms with Crippen LogP contribution in [0, 0.1) is 11.7 Å². The van der Waals surface area contributed by atoms with Gasteiger partial charge in [-0.05, 0) is 25.0 Å². The van der Waals surface area contributed by atoms with Crippen molar-refractivity contribution in [2.24, 2.45) is 25.7 Å². The molecule has 0 saturated carbocycles. The summed E-state index contributed by atoms with van der Waals surface area (Å²) in [7, 11) is 2.90. The molecular formula is C25H30ClFN8O4. The van der Waals surface area contributed by atoms with Crippen LogP contribution < -0.4 is 21.9 Å². The number of carbonyl (C=O) groups excluding carboxylic acids is 2. The van der Waals surface area contributed by atoms with Crippen LogP contribution in [0.25, 0.3) is 11.2 Å². The standard InChI is InChI=1S/C25H30ClFN8O4/c1-30-20-19(22(37)31(2)25(30)39)35(14-16-17(26)6-3-7-18(16)27)24(29-20)34-8-4-5-15(13-34)21(36)32-9-11-33(12-10-32)23(28)38/h3,6-7,15H,4-5,8-14H2,1-2H3,(H2,28,38). The van der Waals surface area contributed by atoms with Crippen molar-refractivity contribution in [3.63, 3.8) is 0 Å². The second kappa shape index (κ2) is 10.4. The van der Waals surface area contributed by atoms with Crippen molar-refractivity contribution >= 4 is 40.7 Å². The molecule has 208 valence electrons. The summed E-state index contributed by atoms with van der Waals surface area (Å²) >= 11 is 6.34. The summed E-state index contributed by atoms with van der Waals surface area (Å²) in [6.45, 7) is 2.37. The van der Waals surface area contributed by atoms with Crippen molar-refractivity contribution in [1.29, 1.82) is 0 Å². The number of urea groups is 1. The van der Waals surface area contributed by atoms with Gasteiger partial charge < -0.3 is 20.4 Å². The third-order valence-electron chi connectivity index (χ3n) is 7.66. The molecule has 2 aromatic heterocycles. The minimum absolute atomic E-state index is 0.0213. The first-order chi connectivity index (χ1) is 18.6. The number of imidazole rings is 1. The van der Waals surface area contributed by atoms with Crippen LogP contribution in [0.3, 0.4) is 0 Å². The number of aromatic nitrogens is 4. The summed E-state index contributed by atoms with van der Waals surface area (Å²) in [5, 5.41) is 0.200. The van der Waals surface area contributed by atoms with Crippen LogP contribution in [0.4, 0.5) is 15.1 Å². The number of aryl methyl sites for hydroxylation is 1. The number of rotatable bonds is 4. The maximum absolute atomic E-state index is 14.8. The summed E-state index contributed by atoms with van der Waals surface area (Å²) < 4.78 is 18.7. The smallest absolute Gasteiger partial charge is 0.332 e. The Balaban J connectivity index is 1.52. The average molecular weight is 561 g/mol. The number of hydrogen-bond acceptors (Lipinski definition) is 6. The number of benzene rings is 1. The molecule has 3 amide bonds. The van der Waals surface area contributed by atoms with Gasteiger partial charge in [0, 0.05) is 63.9 Å². The molecule has 5 rings (SSSR count). The molecule has 2 fully saturated rings. The Kier molecular flexibility index (Phi) is 7.10. The fourth-order valence-corrected chi connectivity index (χ4v) is 5.66. The van der Waals surface area contributed by atoms with Crippen LogP contribution >= 0.6 is 11.6 Å². The van der Waals surface area contributed by atoms with E-state index in [0.29, 0.717) is 58.1 Å². The molecule has 2 aliphatic heterocycles. The van der Waals surface area contributed by atoms with Gasteiger partial charge in [0.15, 0.2) is 11.2 Å². The number of nitrogens with two attached hydrogens (primary N) is 1. The first-order valence-corrected chi connectivity index (χ1v) is 13.1. The molecule has 0 radical (unpaired) electrons. The van der Waals surface area contributed by atoms with Crippen molar-refractivity contribution in [2.75, 3.05) is 44.2 Å². The number of piperidine rings is 1. The molecule has 1 atom stereocenters. The predicted molar refractivity (Wildman–Crippen MR) is 143 cm³/mol. The minimum atomic E-state index is -0.559. The van der Waals surface area contributed by atoms with Crippen LogP contribution in [-0.4, -0.2) is 79.7 Å². The Morgan fingerprint density at radius 1 is 1.08 bits per heavy atom. The van der Waals surface area contributed by atoms with Gasteiger partial charge in [0.05, 0.1) is 12.5 Å². The van der Waals surface area contributed by atoms with E-state index in [2.05, 4.69) is 4.98 Å². The lowest BCUT2D eigenvalue weighted by atomic mass is 9.96. The van der Waals surface area contributed by atoms with Gasteiger partial charge in [-0.2, -0.15) is 4.98 Å². The molecule has 0 aliphatic carbocycles. The zero-order valence-corrected chi connectivity index (χ0v) is 22.5. The zero-order chi connectivity index (χ0) is 28.0. The van der Waals surface area contributed by atoms with E-state index >= 15 is 0 Å². The number of hydrogen-bond donors (Lipinski definition) is 1. The van der Waals surface area contributed by atoms with Crippen LogP contribution in [0.2, 0.25) is 5.02 Å². The number of amides is 3. The first-order valence-electron chi connectivity index (χ1n) is 12.8. The van der Waals surface area contributed by atoms with Gasteiger partial charge in [-0.3, -0.25) is 23.3 Å². The largest absolute Gasteiger partial charge is 0.351 e. The summed E-state index contributed by atoms with van der Waals surface area (Å²) in [6.07, 6.45) is 1.36. The topological polar surface area (TPSA) is 132 Å². The molecule has 2 N–H and O–H groups in total. The normalized spacial score (nSPS) is 18.2. The number of fused-ring (bicyclic) bond motifs is 1. The number of carbonyl (C=O) groups is 2. The van der Waals surface area contributed by atoms with E-state index in [1.807, 2.05) is 4.90 Å². The molecule has 0 bridgehead atoms. The molecular weight excluding hydrogens is 531 g/mol. The van der Waals surface area contributed by atoms with Crippen molar-refractivity contribution in [3.8, 4) is 0 Å². The van der Waals surface area contributed by atoms with Crippen molar-refractivity contribution in [3.05, 3.63) is 55.4 Å². The fraction of sp³-hybridized carbons (Fsp3) is 0.480. The van der Waals surface area contributed by atoms with Crippen LogP contribution in [0.1, 0.15) is 18.4 Å². The maximum atomic E-state index is 14.8. The number of nitrogens with zero attached hydrogens (tertiary/aromatic N) is 7. The molecule has 2 saturated heterocycles. The van der Waals surface area contributed by atoms with Crippen molar-refractivity contribution in [2.45, 2.75) is 19.4 Å². The maximum Gasteiger partial charge on any atom is 0.332 e.